The number of carbonyl (C=O) groups is 1. The Morgan fingerprint density at radius 2 is 1.70 bits per heavy atom. The van der Waals surface area contributed by atoms with Crippen molar-refractivity contribution >= 4 is 5.91 Å². The van der Waals surface area contributed by atoms with Crippen LogP contribution in [0, 0.1) is 13.8 Å². The Labute approximate surface area is 173 Å². The molecule has 2 aromatic carbocycles. The fraction of sp³-hybridized carbons (Fsp3) is 0.273. The van der Waals surface area contributed by atoms with E-state index in [0.29, 0.717) is 24.5 Å². The second kappa shape index (κ2) is 9.39. The van der Waals surface area contributed by atoms with Gasteiger partial charge in [-0.3, -0.25) is 4.79 Å². The number of carbonyl (C=O) groups excluding carboxylic acids is 1. The van der Waals surface area contributed by atoms with E-state index in [1.165, 1.54) is 12.1 Å². The second-order valence-corrected chi connectivity index (χ2v) is 6.80. The maximum atomic E-state index is 12.6. The molecule has 0 aliphatic rings. The van der Waals surface area contributed by atoms with E-state index in [9.17, 15) is 13.6 Å². The molecule has 3 aromatic rings. The van der Waals surface area contributed by atoms with Gasteiger partial charge in [-0.2, -0.15) is 8.78 Å². The number of amides is 1. The minimum absolute atomic E-state index is 0.0786. The van der Waals surface area contributed by atoms with Crippen LogP contribution in [0.2, 0.25) is 0 Å². The molecule has 30 heavy (non-hydrogen) atoms. The summed E-state index contributed by atoms with van der Waals surface area (Å²) in [7, 11) is 1.67. The number of ether oxygens (including phenoxy) is 2. The Balaban J connectivity index is 1.56. The Hall–Kier alpha value is -3.42. The smallest absolute Gasteiger partial charge is 0.387 e. The molecule has 158 valence electrons. The van der Waals surface area contributed by atoms with Crippen LogP contribution in [-0.2, 0) is 13.2 Å². The van der Waals surface area contributed by atoms with Crippen molar-refractivity contribution in [3.05, 3.63) is 76.7 Å². The lowest BCUT2D eigenvalue weighted by Crippen LogP contribution is -2.26. The highest BCUT2D eigenvalue weighted by Gasteiger charge is 2.14. The van der Waals surface area contributed by atoms with Crippen LogP contribution < -0.4 is 9.47 Å². The molecule has 0 aliphatic heterocycles. The van der Waals surface area contributed by atoms with E-state index in [2.05, 4.69) is 9.89 Å². The van der Waals surface area contributed by atoms with Crippen molar-refractivity contribution in [2.24, 2.45) is 0 Å². The van der Waals surface area contributed by atoms with Crippen molar-refractivity contribution < 1.29 is 27.6 Å². The Kier molecular flexibility index (Phi) is 6.66. The first-order chi connectivity index (χ1) is 14.3. The molecule has 6 nitrogen and oxygen atoms in total. The molecule has 8 heteroatoms. The number of aryl methyl sites for hydroxylation is 2. The van der Waals surface area contributed by atoms with Gasteiger partial charge in [0.25, 0.3) is 5.91 Å². The van der Waals surface area contributed by atoms with Crippen molar-refractivity contribution in [3.63, 3.8) is 0 Å². The lowest BCUT2D eigenvalue weighted by molar-refractivity contribution is -0.0498. The van der Waals surface area contributed by atoms with Crippen LogP contribution in [0.15, 0.2) is 53.1 Å². The van der Waals surface area contributed by atoms with Crippen molar-refractivity contribution in [3.8, 4) is 11.5 Å². The van der Waals surface area contributed by atoms with E-state index >= 15 is 0 Å². The molecule has 3 rings (SSSR count). The maximum Gasteiger partial charge on any atom is 0.387 e. The summed E-state index contributed by atoms with van der Waals surface area (Å²) in [5.41, 5.74) is 3.00. The summed E-state index contributed by atoms with van der Waals surface area (Å²) in [5.74, 6) is 1.26. The highest BCUT2D eigenvalue weighted by Crippen LogP contribution is 2.20. The summed E-state index contributed by atoms with van der Waals surface area (Å²) in [5, 5.41) is 3.89. The number of hydrogen-bond donors (Lipinski definition) is 0. The lowest BCUT2D eigenvalue weighted by atomic mass is 10.1. The average Bonchev–Trinajstić information content (AvgIpc) is 3.05. The molecule has 0 atom stereocenters. The van der Waals surface area contributed by atoms with E-state index in [1.807, 2.05) is 13.8 Å². The Morgan fingerprint density at radius 1 is 1.07 bits per heavy atom. The van der Waals surface area contributed by atoms with E-state index < -0.39 is 6.61 Å². The van der Waals surface area contributed by atoms with Gasteiger partial charge in [0.1, 0.15) is 23.9 Å². The predicted molar refractivity (Wildman–Crippen MR) is 106 cm³/mol. The van der Waals surface area contributed by atoms with E-state index in [1.54, 1.807) is 48.3 Å². The molecule has 1 heterocycles. The molecular formula is C22H22F2N2O4. The van der Waals surface area contributed by atoms with Gasteiger partial charge in [0.05, 0.1) is 11.3 Å². The average molecular weight is 416 g/mol. The molecular weight excluding hydrogens is 394 g/mol. The summed E-state index contributed by atoms with van der Waals surface area (Å²) in [6.07, 6.45) is 0. The molecule has 0 unspecified atom stereocenters. The minimum atomic E-state index is -2.86. The van der Waals surface area contributed by atoms with Crippen LogP contribution in [0.25, 0.3) is 0 Å². The molecule has 0 bridgehead atoms. The first-order valence-electron chi connectivity index (χ1n) is 9.27. The van der Waals surface area contributed by atoms with E-state index in [4.69, 9.17) is 9.26 Å². The monoisotopic (exact) mass is 416 g/mol. The minimum Gasteiger partial charge on any atom is -0.489 e. The van der Waals surface area contributed by atoms with Gasteiger partial charge in [0.15, 0.2) is 0 Å². The summed E-state index contributed by atoms with van der Waals surface area (Å²) in [4.78, 5) is 14.2. The number of hydrogen-bond acceptors (Lipinski definition) is 5. The largest absolute Gasteiger partial charge is 0.489 e. The summed E-state index contributed by atoms with van der Waals surface area (Å²) >= 11 is 0. The first kappa shape index (κ1) is 21.3. The SMILES string of the molecule is Cc1noc(C)c1COc1ccc(C(=O)N(C)Cc2ccc(OC(F)F)cc2)cc1. The van der Waals surface area contributed by atoms with Crippen molar-refractivity contribution in [1.29, 1.82) is 0 Å². The zero-order chi connectivity index (χ0) is 21.7. The highest BCUT2D eigenvalue weighted by molar-refractivity contribution is 5.94. The lowest BCUT2D eigenvalue weighted by Gasteiger charge is -2.18. The Morgan fingerprint density at radius 3 is 2.27 bits per heavy atom. The van der Waals surface area contributed by atoms with Gasteiger partial charge in [-0.05, 0) is 55.8 Å². The van der Waals surface area contributed by atoms with Crippen molar-refractivity contribution in [2.75, 3.05) is 7.05 Å². The first-order valence-corrected chi connectivity index (χ1v) is 9.27. The van der Waals surface area contributed by atoms with Crippen LogP contribution >= 0.6 is 0 Å². The van der Waals surface area contributed by atoms with E-state index in [-0.39, 0.29) is 11.7 Å². The number of benzene rings is 2. The molecule has 0 fully saturated rings. The molecule has 1 aromatic heterocycles. The third-order valence-electron chi connectivity index (χ3n) is 4.58. The highest BCUT2D eigenvalue weighted by atomic mass is 19.3. The summed E-state index contributed by atoms with van der Waals surface area (Å²) in [6.45, 7) is 1.48. The van der Waals surface area contributed by atoms with Gasteiger partial charge >= 0.3 is 6.61 Å². The third kappa shape index (κ3) is 5.34. The maximum absolute atomic E-state index is 12.6. The van der Waals surface area contributed by atoms with Gasteiger partial charge in [-0.25, -0.2) is 0 Å². The van der Waals surface area contributed by atoms with Gasteiger partial charge in [0, 0.05) is 19.2 Å². The molecule has 1 amide bonds. The van der Waals surface area contributed by atoms with Crippen LogP contribution in [0.1, 0.15) is 32.9 Å². The van der Waals surface area contributed by atoms with Crippen LogP contribution in [0.5, 0.6) is 11.5 Å². The van der Waals surface area contributed by atoms with Crippen molar-refractivity contribution in [1.82, 2.24) is 10.1 Å². The summed E-state index contributed by atoms with van der Waals surface area (Å²) in [6, 6.07) is 13.0. The molecule has 0 aliphatic carbocycles. The number of nitrogens with zero attached hydrogens (tertiary/aromatic N) is 2. The van der Waals surface area contributed by atoms with Gasteiger partial charge < -0.3 is 18.9 Å². The van der Waals surface area contributed by atoms with Crippen LogP contribution in [0.3, 0.4) is 0 Å². The van der Waals surface area contributed by atoms with Gasteiger partial charge in [0.2, 0.25) is 0 Å². The predicted octanol–water partition coefficient (Wildman–Crippen LogP) is 4.74. The Bertz CT molecular complexity index is 966. The van der Waals surface area contributed by atoms with Crippen LogP contribution in [-0.4, -0.2) is 29.6 Å². The third-order valence-corrected chi connectivity index (χ3v) is 4.58. The van der Waals surface area contributed by atoms with E-state index in [0.717, 1.165) is 22.6 Å². The fourth-order valence-corrected chi connectivity index (χ4v) is 2.90. The van der Waals surface area contributed by atoms with Crippen molar-refractivity contribution in [2.45, 2.75) is 33.6 Å². The standard InChI is InChI=1S/C22H22F2N2O4/c1-14-20(15(2)30-25-14)13-28-18-10-6-17(7-11-18)21(27)26(3)12-16-4-8-19(9-5-16)29-22(23)24/h4-11,22H,12-13H2,1-3H3. The number of aromatic nitrogens is 1. The molecule has 0 spiro atoms. The zero-order valence-electron chi connectivity index (χ0n) is 16.9. The molecule has 0 saturated carbocycles. The molecule has 0 radical (unpaired) electrons. The quantitative estimate of drug-likeness (QED) is 0.531. The van der Waals surface area contributed by atoms with Gasteiger partial charge in [-0.1, -0.05) is 17.3 Å². The molecule has 0 saturated heterocycles. The number of alkyl halides is 2. The normalized spacial score (nSPS) is 10.9. The second-order valence-electron chi connectivity index (χ2n) is 6.80. The fourth-order valence-electron chi connectivity index (χ4n) is 2.90. The topological polar surface area (TPSA) is 64.8 Å². The number of halogens is 2. The number of rotatable bonds is 8. The van der Waals surface area contributed by atoms with Crippen LogP contribution in [0.4, 0.5) is 8.78 Å². The summed E-state index contributed by atoms with van der Waals surface area (Å²) < 4.78 is 39.6. The molecule has 0 N–H and O–H groups in total. The zero-order valence-corrected chi connectivity index (χ0v) is 16.9. The van der Waals surface area contributed by atoms with Gasteiger partial charge in [-0.15, -0.1) is 0 Å².